The Balaban J connectivity index is 1.49. The van der Waals surface area contributed by atoms with Crippen LogP contribution < -0.4 is 9.80 Å². The number of carbonyl (C=O) groups is 1. The first-order valence-electron chi connectivity index (χ1n) is 10.00. The van der Waals surface area contributed by atoms with Gasteiger partial charge in [-0.25, -0.2) is 4.98 Å². The van der Waals surface area contributed by atoms with E-state index in [2.05, 4.69) is 9.88 Å². The minimum atomic E-state index is -3.40. The lowest BCUT2D eigenvalue weighted by Gasteiger charge is -2.54. The molecule has 1 N–H and O–H groups in total. The predicted octanol–water partition coefficient (Wildman–Crippen LogP) is 2.24. The van der Waals surface area contributed by atoms with Gasteiger partial charge in [-0.3, -0.25) is 4.79 Å². The van der Waals surface area contributed by atoms with Crippen LogP contribution in [0.3, 0.4) is 0 Å². The first-order valence-corrected chi connectivity index (χ1v) is 10.00. The number of hydrogen-bond donors (Lipinski definition) is 1. The molecular formula is C19H24F2N4O3. The van der Waals surface area contributed by atoms with Gasteiger partial charge in [-0.1, -0.05) is 0 Å². The minimum absolute atomic E-state index is 0.0574. The summed E-state index contributed by atoms with van der Waals surface area (Å²) in [6.07, 6.45) is -0.850. The van der Waals surface area contributed by atoms with Crippen molar-refractivity contribution < 1.29 is 23.4 Å². The molecule has 0 radical (unpaired) electrons. The Morgan fingerprint density at radius 1 is 1.32 bits per heavy atom. The highest BCUT2D eigenvalue weighted by molar-refractivity contribution is 5.67. The second-order valence-corrected chi connectivity index (χ2v) is 8.54. The van der Waals surface area contributed by atoms with Crippen LogP contribution in [0.5, 0.6) is 0 Å². The Labute approximate surface area is 161 Å². The zero-order valence-electron chi connectivity index (χ0n) is 15.8. The Hall–Kier alpha value is -2.03. The molecule has 5 aliphatic rings. The van der Waals surface area contributed by atoms with E-state index in [1.54, 1.807) is 0 Å². The third kappa shape index (κ3) is 2.74. The molecule has 1 aromatic heterocycles. The number of carboxylic acid groups (broad SMARTS) is 1. The lowest BCUT2D eigenvalue weighted by molar-refractivity contribution is -0.257. The molecular weight excluding hydrogens is 370 g/mol. The lowest BCUT2D eigenvalue weighted by Crippen LogP contribution is -2.56. The first kappa shape index (κ1) is 18.0. The number of rotatable bonds is 4. The number of hydrogen-bond acceptors (Lipinski definition) is 6. The molecule has 28 heavy (non-hydrogen) atoms. The Morgan fingerprint density at radius 2 is 2.07 bits per heavy atom. The molecule has 7 nitrogen and oxygen atoms in total. The average Bonchev–Trinajstić information content (AvgIpc) is 2.64. The van der Waals surface area contributed by atoms with Crippen LogP contribution in [0, 0.1) is 17.8 Å². The van der Waals surface area contributed by atoms with Gasteiger partial charge in [0.1, 0.15) is 5.82 Å². The van der Waals surface area contributed by atoms with Crippen LogP contribution in [-0.4, -0.2) is 53.3 Å². The maximum atomic E-state index is 14.5. The van der Waals surface area contributed by atoms with Crippen molar-refractivity contribution in [2.75, 3.05) is 36.0 Å². The number of fused-ring (bicyclic) bond motifs is 3. The molecule has 4 atom stereocenters. The van der Waals surface area contributed by atoms with Crippen LogP contribution in [0.25, 0.3) is 0 Å². The normalized spacial score (nSPS) is 33.0. The molecule has 3 saturated heterocycles. The van der Waals surface area contributed by atoms with E-state index in [-0.39, 0.29) is 42.5 Å². The van der Waals surface area contributed by atoms with E-state index in [4.69, 9.17) is 14.8 Å². The summed E-state index contributed by atoms with van der Waals surface area (Å²) in [5.41, 5.74) is 0.170. The van der Waals surface area contributed by atoms with Gasteiger partial charge < -0.3 is 19.6 Å². The summed E-state index contributed by atoms with van der Waals surface area (Å²) in [6.45, 7) is 4.07. The molecule has 9 heteroatoms. The minimum Gasteiger partial charge on any atom is -0.481 e. The van der Waals surface area contributed by atoms with Crippen LogP contribution in [-0.2, 0) is 22.1 Å². The summed E-state index contributed by atoms with van der Waals surface area (Å²) in [5.74, 6) is 0.924. The van der Waals surface area contributed by atoms with E-state index in [9.17, 15) is 13.6 Å². The maximum Gasteiger partial charge on any atom is 0.400 e. The molecule has 0 amide bonds. The number of alkyl halides is 2. The zero-order valence-corrected chi connectivity index (χ0v) is 15.8. The van der Waals surface area contributed by atoms with Gasteiger partial charge in [-0.05, 0) is 37.5 Å². The number of carboxylic acids is 1. The monoisotopic (exact) mass is 394 g/mol. The van der Waals surface area contributed by atoms with Gasteiger partial charge in [0, 0.05) is 44.1 Å². The highest BCUT2D eigenvalue weighted by Gasteiger charge is 2.49. The molecule has 4 aliphatic heterocycles. The fraction of sp³-hybridized carbons (Fsp3) is 0.737. The Kier molecular flexibility index (Phi) is 4.01. The van der Waals surface area contributed by atoms with E-state index in [0.29, 0.717) is 36.8 Å². The van der Waals surface area contributed by atoms with E-state index >= 15 is 0 Å². The van der Waals surface area contributed by atoms with Crippen molar-refractivity contribution >= 4 is 17.7 Å². The van der Waals surface area contributed by atoms with E-state index in [1.807, 2.05) is 11.8 Å². The zero-order chi connectivity index (χ0) is 19.6. The molecule has 0 spiro atoms. The van der Waals surface area contributed by atoms with Crippen molar-refractivity contribution in [2.24, 2.45) is 17.8 Å². The fourth-order valence-electron chi connectivity index (χ4n) is 5.18. The topological polar surface area (TPSA) is 78.8 Å². The molecule has 0 aromatic carbocycles. The van der Waals surface area contributed by atoms with Crippen molar-refractivity contribution in [1.29, 1.82) is 0 Å². The van der Waals surface area contributed by atoms with Crippen LogP contribution in [0.15, 0.2) is 0 Å². The Morgan fingerprint density at radius 3 is 2.68 bits per heavy atom. The van der Waals surface area contributed by atoms with Crippen LogP contribution >= 0.6 is 0 Å². The highest BCUT2D eigenvalue weighted by atomic mass is 19.3. The van der Waals surface area contributed by atoms with Gasteiger partial charge in [0.15, 0.2) is 5.69 Å². The number of aromatic nitrogens is 2. The van der Waals surface area contributed by atoms with Crippen molar-refractivity contribution in [1.82, 2.24) is 9.97 Å². The van der Waals surface area contributed by atoms with Crippen LogP contribution in [0.1, 0.15) is 37.4 Å². The summed E-state index contributed by atoms with van der Waals surface area (Å²) >= 11 is 0. The third-order valence-corrected chi connectivity index (χ3v) is 6.90. The number of nitrogens with zero attached hydrogens (tertiary/aromatic N) is 4. The summed E-state index contributed by atoms with van der Waals surface area (Å²) in [6, 6.07) is 0.235. The van der Waals surface area contributed by atoms with Crippen molar-refractivity contribution in [2.45, 2.75) is 44.8 Å². The largest absolute Gasteiger partial charge is 0.481 e. The first-order chi connectivity index (χ1) is 13.3. The van der Waals surface area contributed by atoms with Crippen molar-refractivity contribution in [3.8, 4) is 0 Å². The molecule has 1 aromatic rings. The van der Waals surface area contributed by atoms with Gasteiger partial charge in [0.25, 0.3) is 0 Å². The summed E-state index contributed by atoms with van der Waals surface area (Å²) in [4.78, 5) is 24.1. The van der Waals surface area contributed by atoms with E-state index < -0.39 is 12.1 Å². The summed E-state index contributed by atoms with van der Waals surface area (Å²) in [5, 5.41) is 9.12. The number of ether oxygens (including phenoxy) is 1. The van der Waals surface area contributed by atoms with Gasteiger partial charge in [0.2, 0.25) is 5.95 Å². The fourth-order valence-corrected chi connectivity index (χ4v) is 5.18. The summed E-state index contributed by atoms with van der Waals surface area (Å²) < 4.78 is 33.7. The quantitative estimate of drug-likeness (QED) is 0.839. The SMILES string of the molecule is C[C@H]1CCN1c1nc(N2C[C@H]3C[C@@H](C2)C3CC(=O)O)c2c(n1)C(F)(F)OCC2. The lowest BCUT2D eigenvalue weighted by atomic mass is 9.60. The van der Waals surface area contributed by atoms with Gasteiger partial charge in [0.05, 0.1) is 6.61 Å². The molecule has 6 rings (SSSR count). The molecule has 152 valence electrons. The predicted molar refractivity (Wildman–Crippen MR) is 96.6 cm³/mol. The summed E-state index contributed by atoms with van der Waals surface area (Å²) in [7, 11) is 0. The van der Waals surface area contributed by atoms with E-state index in [1.165, 1.54) is 0 Å². The van der Waals surface area contributed by atoms with Gasteiger partial charge >= 0.3 is 12.1 Å². The van der Waals surface area contributed by atoms with Crippen LogP contribution in [0.2, 0.25) is 0 Å². The molecule has 2 bridgehead atoms. The maximum absolute atomic E-state index is 14.5. The number of anilines is 2. The van der Waals surface area contributed by atoms with E-state index in [0.717, 1.165) is 19.4 Å². The van der Waals surface area contributed by atoms with Crippen LogP contribution in [0.4, 0.5) is 20.5 Å². The van der Waals surface area contributed by atoms with Crippen molar-refractivity contribution in [3.63, 3.8) is 0 Å². The second-order valence-electron chi connectivity index (χ2n) is 8.54. The standard InChI is InChI=1S/C19H24F2N4O3/c1-10-2-4-25(10)18-22-16-13(3-5-28-19(16,20)21)17(23-18)24-8-11-6-12(9-24)14(11)7-15(26)27/h10-12,14H,2-9H2,1H3,(H,26,27)/t10-,11-,12+,14?/m0/s1. The molecule has 1 aliphatic carbocycles. The molecule has 4 fully saturated rings. The van der Waals surface area contributed by atoms with Gasteiger partial charge in [-0.2, -0.15) is 13.8 Å². The highest BCUT2D eigenvalue weighted by Crippen LogP contribution is 2.49. The Bertz CT molecular complexity index is 809. The number of halogens is 2. The molecule has 1 unspecified atom stereocenters. The third-order valence-electron chi connectivity index (χ3n) is 6.90. The van der Waals surface area contributed by atoms with Crippen molar-refractivity contribution in [3.05, 3.63) is 11.3 Å². The molecule has 5 heterocycles. The van der Waals surface area contributed by atoms with Gasteiger partial charge in [-0.15, -0.1) is 0 Å². The molecule has 1 saturated carbocycles. The smallest absolute Gasteiger partial charge is 0.400 e. The number of piperidine rings is 2. The second kappa shape index (κ2) is 6.23. The number of aliphatic carboxylic acids is 1. The average molecular weight is 394 g/mol.